The van der Waals surface area contributed by atoms with Crippen molar-refractivity contribution in [2.24, 2.45) is 0 Å². The maximum Gasteiger partial charge on any atom is 0.308 e. The summed E-state index contributed by atoms with van der Waals surface area (Å²) in [5.74, 6) is -0.0991. The molecule has 3 nitrogen and oxygen atoms in total. The number of carbonyl (C=O) groups is 1. The van der Waals surface area contributed by atoms with Gasteiger partial charge in [-0.15, -0.1) is 0 Å². The molecule has 0 radical (unpaired) electrons. The number of hydrogen-bond donors (Lipinski definition) is 0. The Kier molecular flexibility index (Phi) is 4.60. The number of hydrogen-bond acceptors (Lipinski definition) is 3. The van der Waals surface area contributed by atoms with Gasteiger partial charge in [-0.25, -0.2) is 0 Å². The minimum absolute atomic E-state index is 0.0991. The lowest BCUT2D eigenvalue weighted by Gasteiger charge is -2.30. The highest BCUT2D eigenvalue weighted by Gasteiger charge is 2.58. The first-order chi connectivity index (χ1) is 11.3. The van der Waals surface area contributed by atoms with Crippen molar-refractivity contribution in [3.63, 3.8) is 0 Å². The van der Waals surface area contributed by atoms with Crippen LogP contribution in [0.25, 0.3) is 0 Å². The van der Waals surface area contributed by atoms with Crippen molar-refractivity contribution in [3.05, 3.63) is 51.5 Å². The summed E-state index contributed by atoms with van der Waals surface area (Å²) >= 11 is 3.58. The number of allylic oxidation sites excluding steroid dienone is 3. The van der Waals surface area contributed by atoms with E-state index in [0.717, 1.165) is 17.4 Å². The van der Waals surface area contributed by atoms with E-state index in [0.29, 0.717) is 6.42 Å². The van der Waals surface area contributed by atoms with Crippen molar-refractivity contribution in [2.75, 3.05) is 11.4 Å². The third kappa shape index (κ3) is 2.92. The van der Waals surface area contributed by atoms with Gasteiger partial charge in [-0.05, 0) is 51.8 Å². The maximum atomic E-state index is 12.2. The summed E-state index contributed by atoms with van der Waals surface area (Å²) in [6, 6.07) is 6.35. The lowest BCUT2D eigenvalue weighted by molar-refractivity contribution is -0.141. The van der Waals surface area contributed by atoms with E-state index in [1.165, 1.54) is 22.4 Å². The second-order valence-electron chi connectivity index (χ2n) is 7.26. The topological polar surface area (TPSA) is 29.5 Å². The molecule has 3 rings (SSSR count). The second kappa shape index (κ2) is 6.40. The van der Waals surface area contributed by atoms with Crippen LogP contribution in [-0.4, -0.2) is 18.7 Å². The zero-order valence-electron chi connectivity index (χ0n) is 14.7. The van der Waals surface area contributed by atoms with Crippen LogP contribution in [0.3, 0.4) is 0 Å². The molecule has 2 aliphatic rings. The Labute approximate surface area is 152 Å². The summed E-state index contributed by atoms with van der Waals surface area (Å²) in [4.78, 5) is 14.4. The average molecular weight is 390 g/mol. The predicted molar refractivity (Wildman–Crippen MR) is 101 cm³/mol. The van der Waals surface area contributed by atoms with Gasteiger partial charge >= 0.3 is 5.97 Å². The Balaban J connectivity index is 2.11. The predicted octanol–water partition coefficient (Wildman–Crippen LogP) is 5.10. The molecule has 0 N–H and O–H groups in total. The van der Waals surface area contributed by atoms with Gasteiger partial charge < -0.3 is 9.64 Å². The van der Waals surface area contributed by atoms with Gasteiger partial charge in [-0.1, -0.05) is 45.3 Å². The Morgan fingerprint density at radius 3 is 2.67 bits per heavy atom. The van der Waals surface area contributed by atoms with Gasteiger partial charge in [0, 0.05) is 16.7 Å². The van der Waals surface area contributed by atoms with Gasteiger partial charge in [0.05, 0.1) is 11.8 Å². The molecule has 0 bridgehead atoms. The monoisotopic (exact) mass is 389 g/mol. The number of anilines is 1. The number of nitrogens with zero attached hydrogens (tertiary/aromatic N) is 1. The normalized spacial score (nSPS) is 24.3. The molecule has 1 aromatic carbocycles. The van der Waals surface area contributed by atoms with E-state index < -0.39 is 0 Å². The SMILES string of the molecule is CC(C)=CCN1c2cc(Br)ccc2[C@]2(CC=C(C)C)CC(=O)O[C@H]12. The molecule has 1 saturated heterocycles. The lowest BCUT2D eigenvalue weighted by Crippen LogP contribution is -2.42. The van der Waals surface area contributed by atoms with Gasteiger partial charge in [0.25, 0.3) is 0 Å². The van der Waals surface area contributed by atoms with Gasteiger partial charge in [-0.2, -0.15) is 0 Å². The number of esters is 1. The van der Waals surface area contributed by atoms with E-state index in [9.17, 15) is 4.79 Å². The molecular formula is C20H24BrNO2. The highest BCUT2D eigenvalue weighted by molar-refractivity contribution is 9.10. The first kappa shape index (κ1) is 17.3. The summed E-state index contributed by atoms with van der Waals surface area (Å²) in [5.41, 5.74) is 4.64. The molecule has 2 aliphatic heterocycles. The van der Waals surface area contributed by atoms with Gasteiger partial charge in [0.1, 0.15) is 0 Å². The van der Waals surface area contributed by atoms with Crippen molar-refractivity contribution < 1.29 is 9.53 Å². The van der Waals surface area contributed by atoms with Crippen LogP contribution in [0.2, 0.25) is 0 Å². The number of benzene rings is 1. The van der Waals surface area contributed by atoms with Crippen LogP contribution in [0.1, 0.15) is 46.1 Å². The number of carbonyl (C=O) groups excluding carboxylic acids is 1. The highest BCUT2D eigenvalue weighted by Crippen LogP contribution is 2.54. The van der Waals surface area contributed by atoms with E-state index in [2.05, 4.69) is 78.9 Å². The van der Waals surface area contributed by atoms with E-state index in [-0.39, 0.29) is 17.6 Å². The Morgan fingerprint density at radius 2 is 2.00 bits per heavy atom. The first-order valence-corrected chi connectivity index (χ1v) is 9.16. The Hall–Kier alpha value is -1.55. The molecule has 128 valence electrons. The fourth-order valence-electron chi connectivity index (χ4n) is 3.65. The van der Waals surface area contributed by atoms with E-state index >= 15 is 0 Å². The molecule has 0 saturated carbocycles. The second-order valence-corrected chi connectivity index (χ2v) is 8.17. The fourth-order valence-corrected chi connectivity index (χ4v) is 4.00. The average Bonchev–Trinajstić information content (AvgIpc) is 2.93. The van der Waals surface area contributed by atoms with Crippen LogP contribution in [-0.2, 0) is 14.9 Å². The molecule has 0 aliphatic carbocycles. The fraction of sp³-hybridized carbons (Fsp3) is 0.450. The minimum Gasteiger partial charge on any atom is -0.440 e. The third-order valence-electron chi connectivity index (χ3n) is 4.84. The van der Waals surface area contributed by atoms with Crippen molar-refractivity contribution in [3.8, 4) is 0 Å². The first-order valence-electron chi connectivity index (χ1n) is 8.36. The number of rotatable bonds is 4. The van der Waals surface area contributed by atoms with Crippen LogP contribution in [0.15, 0.2) is 46.0 Å². The van der Waals surface area contributed by atoms with Crippen LogP contribution in [0.4, 0.5) is 5.69 Å². The molecule has 0 amide bonds. The number of ether oxygens (including phenoxy) is 1. The molecule has 2 atom stereocenters. The zero-order chi connectivity index (χ0) is 17.5. The molecule has 1 aromatic rings. The quantitative estimate of drug-likeness (QED) is 0.529. The number of halogens is 1. The number of fused-ring (bicyclic) bond motifs is 3. The van der Waals surface area contributed by atoms with Crippen molar-refractivity contribution in [1.82, 2.24) is 0 Å². The van der Waals surface area contributed by atoms with E-state index in [1.54, 1.807) is 0 Å². The summed E-state index contributed by atoms with van der Waals surface area (Å²) in [7, 11) is 0. The molecule has 0 spiro atoms. The van der Waals surface area contributed by atoms with Crippen LogP contribution in [0.5, 0.6) is 0 Å². The van der Waals surface area contributed by atoms with Gasteiger partial charge in [0.15, 0.2) is 6.23 Å². The van der Waals surface area contributed by atoms with E-state index in [4.69, 9.17) is 4.74 Å². The molecule has 24 heavy (non-hydrogen) atoms. The van der Waals surface area contributed by atoms with Crippen molar-refractivity contribution in [1.29, 1.82) is 0 Å². The van der Waals surface area contributed by atoms with Crippen molar-refractivity contribution in [2.45, 2.75) is 52.2 Å². The van der Waals surface area contributed by atoms with Gasteiger partial charge in [-0.3, -0.25) is 4.79 Å². The third-order valence-corrected chi connectivity index (χ3v) is 5.33. The largest absolute Gasteiger partial charge is 0.440 e. The molecule has 2 heterocycles. The summed E-state index contributed by atoms with van der Waals surface area (Å²) in [6.07, 6.45) is 5.46. The van der Waals surface area contributed by atoms with Gasteiger partial charge in [0.2, 0.25) is 0 Å². The molecule has 0 aromatic heterocycles. The standard InChI is InChI=1S/C20H24BrNO2/c1-13(2)7-9-20-12-18(23)24-19(20)22(10-8-14(3)4)17-11-15(21)5-6-16(17)20/h5-8,11,19H,9-10,12H2,1-4H3/t19-,20-/m0/s1. The van der Waals surface area contributed by atoms with Crippen LogP contribution in [0, 0.1) is 0 Å². The smallest absolute Gasteiger partial charge is 0.308 e. The van der Waals surface area contributed by atoms with Crippen molar-refractivity contribution >= 4 is 27.6 Å². The molecular weight excluding hydrogens is 366 g/mol. The zero-order valence-corrected chi connectivity index (χ0v) is 16.3. The van der Waals surface area contributed by atoms with Crippen LogP contribution >= 0.6 is 15.9 Å². The summed E-state index contributed by atoms with van der Waals surface area (Å²) < 4.78 is 6.85. The highest BCUT2D eigenvalue weighted by atomic mass is 79.9. The lowest BCUT2D eigenvalue weighted by atomic mass is 9.76. The summed E-state index contributed by atoms with van der Waals surface area (Å²) in [6.45, 7) is 9.13. The summed E-state index contributed by atoms with van der Waals surface area (Å²) in [5, 5.41) is 0. The minimum atomic E-state index is -0.278. The molecule has 4 heteroatoms. The molecule has 1 fully saturated rings. The maximum absolute atomic E-state index is 12.2. The Bertz CT molecular complexity index is 729. The Morgan fingerprint density at radius 1 is 1.29 bits per heavy atom. The van der Waals surface area contributed by atoms with Crippen LogP contribution < -0.4 is 4.90 Å². The molecule has 0 unspecified atom stereocenters. The van der Waals surface area contributed by atoms with E-state index in [1.807, 2.05) is 0 Å².